The van der Waals surface area contributed by atoms with Crippen molar-refractivity contribution in [2.24, 2.45) is 0 Å². The lowest BCUT2D eigenvalue weighted by molar-refractivity contribution is 0.590. The highest BCUT2D eigenvalue weighted by atomic mass is 16.1. The number of hydrogen-bond donors (Lipinski definition) is 1. The first-order valence-electron chi connectivity index (χ1n) is 6.18. The second kappa shape index (κ2) is 4.45. The van der Waals surface area contributed by atoms with Crippen LogP contribution < -0.4 is 5.56 Å². The highest BCUT2D eigenvalue weighted by Crippen LogP contribution is 2.27. The van der Waals surface area contributed by atoms with Crippen LogP contribution in [0.25, 0.3) is 11.1 Å². The molecule has 0 spiro atoms. The lowest BCUT2D eigenvalue weighted by Gasteiger charge is -2.20. The molecule has 0 saturated heterocycles. The van der Waals surface area contributed by atoms with Crippen LogP contribution in [0.5, 0.6) is 0 Å². The van der Waals surface area contributed by atoms with Gasteiger partial charge < -0.3 is 4.98 Å². The summed E-state index contributed by atoms with van der Waals surface area (Å²) in [4.78, 5) is 14.6. The number of aromatic amines is 1. The lowest BCUT2D eigenvalue weighted by Crippen LogP contribution is -2.12. The van der Waals surface area contributed by atoms with E-state index < -0.39 is 0 Å². The van der Waals surface area contributed by atoms with E-state index in [4.69, 9.17) is 0 Å². The molecule has 2 rings (SSSR count). The van der Waals surface area contributed by atoms with Crippen molar-refractivity contribution >= 4 is 0 Å². The summed E-state index contributed by atoms with van der Waals surface area (Å²) in [6.07, 6.45) is 1.66. The fourth-order valence-electron chi connectivity index (χ4n) is 2.02. The summed E-state index contributed by atoms with van der Waals surface area (Å²) in [6, 6.07) is 10.1. The van der Waals surface area contributed by atoms with E-state index in [0.29, 0.717) is 0 Å². The number of nitrogens with one attached hydrogen (secondary N) is 1. The molecule has 0 bridgehead atoms. The van der Waals surface area contributed by atoms with Crippen molar-refractivity contribution in [1.82, 2.24) is 4.98 Å². The van der Waals surface area contributed by atoms with Crippen molar-refractivity contribution in [1.29, 1.82) is 0 Å². The highest BCUT2D eigenvalue weighted by Gasteiger charge is 2.15. The Bertz CT molecular complexity index is 617. The third-order valence-corrected chi connectivity index (χ3v) is 3.07. The molecule has 0 saturated carbocycles. The normalized spacial score (nSPS) is 11.6. The van der Waals surface area contributed by atoms with Crippen molar-refractivity contribution in [3.05, 3.63) is 58.0 Å². The van der Waals surface area contributed by atoms with Gasteiger partial charge in [0.25, 0.3) is 5.56 Å². The number of aryl methyl sites for hydroxylation is 1. The van der Waals surface area contributed by atoms with Crippen molar-refractivity contribution in [2.45, 2.75) is 33.1 Å². The standard InChI is InChI=1S/C16H19NO/c1-11-8-12(10-13(9-11)16(2,3)4)14-6-5-7-17-15(14)18/h5-10H,1-4H3,(H,17,18). The molecule has 0 aliphatic rings. The summed E-state index contributed by atoms with van der Waals surface area (Å²) in [5.41, 5.74) is 4.19. The molecule has 0 amide bonds. The van der Waals surface area contributed by atoms with Crippen LogP contribution >= 0.6 is 0 Å². The molecule has 0 unspecified atom stereocenters. The third kappa shape index (κ3) is 2.53. The van der Waals surface area contributed by atoms with Gasteiger partial charge in [-0.25, -0.2) is 0 Å². The molecule has 1 aromatic heterocycles. The molecule has 94 valence electrons. The Morgan fingerprint density at radius 2 is 1.83 bits per heavy atom. The predicted octanol–water partition coefficient (Wildman–Crippen LogP) is 3.65. The van der Waals surface area contributed by atoms with E-state index in [1.807, 2.05) is 12.1 Å². The summed E-state index contributed by atoms with van der Waals surface area (Å²) in [6.45, 7) is 8.61. The van der Waals surface area contributed by atoms with Gasteiger partial charge in [0.1, 0.15) is 0 Å². The highest BCUT2D eigenvalue weighted by molar-refractivity contribution is 5.64. The van der Waals surface area contributed by atoms with Crippen LogP contribution in [0.15, 0.2) is 41.3 Å². The Labute approximate surface area is 108 Å². The van der Waals surface area contributed by atoms with Crippen LogP contribution in [0.2, 0.25) is 0 Å². The Balaban J connectivity index is 2.63. The fourth-order valence-corrected chi connectivity index (χ4v) is 2.02. The van der Waals surface area contributed by atoms with Gasteiger partial charge >= 0.3 is 0 Å². The first kappa shape index (κ1) is 12.6. The first-order chi connectivity index (χ1) is 8.38. The van der Waals surface area contributed by atoms with Gasteiger partial charge in [-0.3, -0.25) is 4.79 Å². The zero-order chi connectivity index (χ0) is 13.3. The summed E-state index contributed by atoms with van der Waals surface area (Å²) in [7, 11) is 0. The van der Waals surface area contributed by atoms with Gasteiger partial charge in [0, 0.05) is 11.8 Å². The second-order valence-corrected chi connectivity index (χ2v) is 5.75. The van der Waals surface area contributed by atoms with Gasteiger partial charge in [0.2, 0.25) is 0 Å². The molecule has 2 aromatic rings. The van der Waals surface area contributed by atoms with Gasteiger partial charge in [-0.05, 0) is 35.6 Å². The van der Waals surface area contributed by atoms with Crippen LogP contribution in [-0.2, 0) is 5.41 Å². The molecular weight excluding hydrogens is 222 g/mol. The maximum atomic E-state index is 11.8. The monoisotopic (exact) mass is 241 g/mol. The van der Waals surface area contributed by atoms with Crippen molar-refractivity contribution in [2.75, 3.05) is 0 Å². The van der Waals surface area contributed by atoms with Crippen molar-refractivity contribution in [3.63, 3.8) is 0 Å². The maximum absolute atomic E-state index is 11.8. The van der Waals surface area contributed by atoms with Crippen LogP contribution in [0.4, 0.5) is 0 Å². The molecule has 1 aromatic carbocycles. The van der Waals surface area contributed by atoms with E-state index in [0.717, 1.165) is 11.1 Å². The Morgan fingerprint density at radius 3 is 2.44 bits per heavy atom. The van der Waals surface area contributed by atoms with Gasteiger partial charge in [-0.2, -0.15) is 0 Å². The second-order valence-electron chi connectivity index (χ2n) is 5.75. The van der Waals surface area contributed by atoms with Crippen LogP contribution in [0.1, 0.15) is 31.9 Å². The quantitative estimate of drug-likeness (QED) is 0.812. The molecule has 0 aliphatic heterocycles. The van der Waals surface area contributed by atoms with Gasteiger partial charge in [0.05, 0.1) is 0 Å². The summed E-state index contributed by atoms with van der Waals surface area (Å²) < 4.78 is 0. The van der Waals surface area contributed by atoms with Gasteiger partial charge in [-0.1, -0.05) is 44.5 Å². The third-order valence-electron chi connectivity index (χ3n) is 3.07. The Morgan fingerprint density at radius 1 is 1.11 bits per heavy atom. The smallest absolute Gasteiger partial charge is 0.255 e. The molecule has 2 nitrogen and oxygen atoms in total. The molecule has 0 aliphatic carbocycles. The lowest BCUT2D eigenvalue weighted by atomic mass is 9.84. The minimum absolute atomic E-state index is 0.0389. The molecule has 0 fully saturated rings. The molecule has 1 N–H and O–H groups in total. The van der Waals surface area contributed by atoms with E-state index in [1.54, 1.807) is 6.20 Å². The number of rotatable bonds is 1. The van der Waals surface area contributed by atoms with Crippen LogP contribution in [-0.4, -0.2) is 4.98 Å². The summed E-state index contributed by atoms with van der Waals surface area (Å²) in [5.74, 6) is 0. The number of hydrogen-bond acceptors (Lipinski definition) is 1. The minimum atomic E-state index is -0.0389. The molecule has 18 heavy (non-hydrogen) atoms. The summed E-state index contributed by atoms with van der Waals surface area (Å²) in [5, 5.41) is 0. The van der Waals surface area contributed by atoms with Crippen LogP contribution in [0.3, 0.4) is 0 Å². The van der Waals surface area contributed by atoms with Crippen molar-refractivity contribution < 1.29 is 0 Å². The zero-order valence-corrected chi connectivity index (χ0v) is 11.4. The Hall–Kier alpha value is -1.83. The molecule has 2 heteroatoms. The SMILES string of the molecule is Cc1cc(-c2ccc[nH]c2=O)cc(C(C)(C)C)c1. The molecule has 0 atom stereocenters. The minimum Gasteiger partial charge on any atom is -0.329 e. The topological polar surface area (TPSA) is 32.9 Å². The van der Waals surface area contributed by atoms with Gasteiger partial charge in [0.15, 0.2) is 0 Å². The fraction of sp³-hybridized carbons (Fsp3) is 0.312. The number of pyridine rings is 1. The maximum Gasteiger partial charge on any atom is 0.255 e. The number of aromatic nitrogens is 1. The van der Waals surface area contributed by atoms with Gasteiger partial charge in [-0.15, -0.1) is 0 Å². The molecule has 0 radical (unpaired) electrons. The molecule has 1 heterocycles. The zero-order valence-electron chi connectivity index (χ0n) is 11.4. The van der Waals surface area contributed by atoms with E-state index in [1.165, 1.54) is 11.1 Å². The number of benzene rings is 1. The van der Waals surface area contributed by atoms with E-state index >= 15 is 0 Å². The number of H-pyrrole nitrogens is 1. The predicted molar refractivity (Wildman–Crippen MR) is 75.9 cm³/mol. The van der Waals surface area contributed by atoms with E-state index in [2.05, 4.69) is 50.9 Å². The molecular formula is C16H19NO. The Kier molecular flexibility index (Phi) is 3.12. The van der Waals surface area contributed by atoms with E-state index in [9.17, 15) is 4.79 Å². The average molecular weight is 241 g/mol. The first-order valence-corrected chi connectivity index (χ1v) is 6.18. The largest absolute Gasteiger partial charge is 0.329 e. The van der Waals surface area contributed by atoms with Crippen LogP contribution in [0, 0.1) is 6.92 Å². The average Bonchev–Trinajstić information content (AvgIpc) is 2.27. The van der Waals surface area contributed by atoms with Crippen molar-refractivity contribution in [3.8, 4) is 11.1 Å². The summed E-state index contributed by atoms with van der Waals surface area (Å²) >= 11 is 0. The van der Waals surface area contributed by atoms with E-state index in [-0.39, 0.29) is 11.0 Å².